The number of fused-ring (bicyclic) bond motifs is 2. The third-order valence-corrected chi connectivity index (χ3v) is 3.69. The number of carbonyl (C=O) groups is 1. The van der Waals surface area contributed by atoms with Gasteiger partial charge in [0, 0.05) is 17.8 Å². The van der Waals surface area contributed by atoms with Crippen molar-refractivity contribution in [3.63, 3.8) is 0 Å². The molecule has 2 aliphatic rings. The van der Waals surface area contributed by atoms with Crippen LogP contribution in [0.1, 0.15) is 24.3 Å². The SMILES string of the molecule is O=C1[C@H]2CCC=C[C@@H]1[C@@H]2c1ccccc1. The van der Waals surface area contributed by atoms with E-state index in [0.29, 0.717) is 11.7 Å². The van der Waals surface area contributed by atoms with Crippen LogP contribution in [0.4, 0.5) is 0 Å². The first kappa shape index (κ1) is 8.90. The van der Waals surface area contributed by atoms with Gasteiger partial charge in [-0.3, -0.25) is 4.79 Å². The zero-order valence-electron chi connectivity index (χ0n) is 8.60. The summed E-state index contributed by atoms with van der Waals surface area (Å²) < 4.78 is 0. The van der Waals surface area contributed by atoms with Gasteiger partial charge < -0.3 is 0 Å². The van der Waals surface area contributed by atoms with Crippen molar-refractivity contribution in [2.75, 3.05) is 0 Å². The third kappa shape index (κ3) is 1.26. The Morgan fingerprint density at radius 2 is 1.93 bits per heavy atom. The second-order valence-electron chi connectivity index (χ2n) is 4.48. The highest BCUT2D eigenvalue weighted by Gasteiger charge is 2.48. The number of rotatable bonds is 1. The topological polar surface area (TPSA) is 17.1 Å². The molecule has 0 saturated heterocycles. The molecule has 0 heterocycles. The van der Waals surface area contributed by atoms with Crippen LogP contribution in [0, 0.1) is 11.8 Å². The van der Waals surface area contributed by atoms with Crippen LogP contribution in [-0.2, 0) is 4.79 Å². The summed E-state index contributed by atoms with van der Waals surface area (Å²) in [5, 5.41) is 0. The Bertz CT molecular complexity index is 405. The molecule has 1 fully saturated rings. The largest absolute Gasteiger partial charge is 0.299 e. The minimum absolute atomic E-state index is 0.167. The molecule has 2 aliphatic carbocycles. The van der Waals surface area contributed by atoms with Gasteiger partial charge in [-0.25, -0.2) is 0 Å². The first-order valence-corrected chi connectivity index (χ1v) is 5.63. The van der Waals surface area contributed by atoms with Crippen LogP contribution < -0.4 is 0 Å². The van der Waals surface area contributed by atoms with Crippen LogP contribution in [0.2, 0.25) is 0 Å². The van der Waals surface area contributed by atoms with Gasteiger partial charge in [0.1, 0.15) is 5.78 Å². The molecule has 0 amide bonds. The van der Waals surface area contributed by atoms with Gasteiger partial charge in [-0.05, 0) is 18.4 Å². The molecule has 2 bridgehead atoms. The van der Waals surface area contributed by atoms with Crippen molar-refractivity contribution in [2.45, 2.75) is 18.8 Å². The summed E-state index contributed by atoms with van der Waals surface area (Å²) >= 11 is 0. The average molecular weight is 198 g/mol. The lowest BCUT2D eigenvalue weighted by molar-refractivity contribution is -0.135. The number of ketones is 1. The van der Waals surface area contributed by atoms with Gasteiger partial charge in [0.25, 0.3) is 0 Å². The van der Waals surface area contributed by atoms with Crippen molar-refractivity contribution >= 4 is 5.78 Å². The number of hydrogen-bond acceptors (Lipinski definition) is 1. The van der Waals surface area contributed by atoms with Gasteiger partial charge in [-0.15, -0.1) is 0 Å². The van der Waals surface area contributed by atoms with Gasteiger partial charge in [0.05, 0.1) is 0 Å². The average Bonchev–Trinajstić information content (AvgIpc) is 2.62. The summed E-state index contributed by atoms with van der Waals surface area (Å²) in [4.78, 5) is 11.8. The Morgan fingerprint density at radius 3 is 2.73 bits per heavy atom. The van der Waals surface area contributed by atoms with Gasteiger partial charge in [-0.1, -0.05) is 42.5 Å². The molecule has 1 aromatic carbocycles. The van der Waals surface area contributed by atoms with Crippen molar-refractivity contribution in [1.82, 2.24) is 0 Å². The summed E-state index contributed by atoms with van der Waals surface area (Å²) in [5.41, 5.74) is 1.33. The third-order valence-electron chi connectivity index (χ3n) is 3.69. The van der Waals surface area contributed by atoms with Crippen molar-refractivity contribution in [2.24, 2.45) is 11.8 Å². The Morgan fingerprint density at radius 1 is 1.13 bits per heavy atom. The minimum atomic E-state index is 0.167. The Hall–Kier alpha value is -1.37. The van der Waals surface area contributed by atoms with E-state index in [0.717, 1.165) is 12.8 Å². The predicted octanol–water partition coefficient (Wildman–Crippen LogP) is 2.94. The first-order valence-electron chi connectivity index (χ1n) is 5.63. The lowest BCUT2D eigenvalue weighted by Crippen LogP contribution is -2.43. The van der Waals surface area contributed by atoms with Crippen LogP contribution in [0.25, 0.3) is 0 Å². The molecule has 0 radical (unpaired) electrons. The zero-order chi connectivity index (χ0) is 10.3. The monoisotopic (exact) mass is 198 g/mol. The maximum Gasteiger partial charge on any atom is 0.144 e. The summed E-state index contributed by atoms with van der Waals surface area (Å²) in [6.07, 6.45) is 6.39. The normalized spacial score (nSPS) is 33.3. The Kier molecular flexibility index (Phi) is 1.98. The highest BCUT2D eigenvalue weighted by Crippen LogP contribution is 2.49. The van der Waals surface area contributed by atoms with Gasteiger partial charge in [0.2, 0.25) is 0 Å². The minimum Gasteiger partial charge on any atom is -0.299 e. The highest BCUT2D eigenvalue weighted by atomic mass is 16.1. The number of allylic oxidation sites excluding steroid dienone is 2. The van der Waals surface area contributed by atoms with Crippen LogP contribution >= 0.6 is 0 Å². The summed E-state index contributed by atoms with van der Waals surface area (Å²) in [5.74, 6) is 1.36. The molecule has 1 aromatic rings. The zero-order valence-corrected chi connectivity index (χ0v) is 8.60. The number of Topliss-reactive ketones (excluding diaryl/α,β-unsaturated/α-hetero) is 1. The standard InChI is InChI=1S/C14H14O/c15-14-11-8-4-5-9-12(14)13(11)10-6-2-1-3-7-10/h1-4,6-8,11-13H,5,9H2/t11-,12+,13+/m1/s1. The van der Waals surface area contributed by atoms with Gasteiger partial charge in [-0.2, -0.15) is 0 Å². The van der Waals surface area contributed by atoms with E-state index in [9.17, 15) is 4.79 Å². The Balaban J connectivity index is 1.96. The van der Waals surface area contributed by atoms with Crippen molar-refractivity contribution in [3.8, 4) is 0 Å². The number of carbonyl (C=O) groups excluding carboxylic acids is 1. The molecule has 0 unspecified atom stereocenters. The van der Waals surface area contributed by atoms with E-state index in [-0.39, 0.29) is 11.8 Å². The summed E-state index contributed by atoms with van der Waals surface area (Å²) in [6.45, 7) is 0. The predicted molar refractivity (Wildman–Crippen MR) is 59.5 cm³/mol. The van der Waals surface area contributed by atoms with E-state index in [1.54, 1.807) is 0 Å². The molecule has 1 heteroatoms. The van der Waals surface area contributed by atoms with Crippen molar-refractivity contribution < 1.29 is 4.79 Å². The van der Waals surface area contributed by atoms with Crippen LogP contribution in [-0.4, -0.2) is 5.78 Å². The molecule has 76 valence electrons. The lowest BCUT2D eigenvalue weighted by Gasteiger charge is -2.40. The fraction of sp³-hybridized carbons (Fsp3) is 0.357. The van der Waals surface area contributed by atoms with Crippen molar-refractivity contribution in [1.29, 1.82) is 0 Å². The molecule has 1 saturated carbocycles. The fourth-order valence-electron chi connectivity index (χ4n) is 2.90. The van der Waals surface area contributed by atoms with E-state index in [1.807, 2.05) is 6.07 Å². The highest BCUT2D eigenvalue weighted by molar-refractivity contribution is 5.94. The molecule has 3 rings (SSSR count). The molecular formula is C14H14O. The number of hydrogen-bond donors (Lipinski definition) is 0. The van der Waals surface area contributed by atoms with E-state index in [4.69, 9.17) is 0 Å². The molecular weight excluding hydrogens is 184 g/mol. The second kappa shape index (κ2) is 3.34. The number of benzene rings is 1. The van der Waals surface area contributed by atoms with E-state index < -0.39 is 0 Å². The molecule has 3 atom stereocenters. The molecule has 0 N–H and O–H groups in total. The van der Waals surface area contributed by atoms with E-state index in [1.165, 1.54) is 5.56 Å². The first-order chi connectivity index (χ1) is 7.38. The maximum atomic E-state index is 11.8. The van der Waals surface area contributed by atoms with Gasteiger partial charge in [0.15, 0.2) is 0 Å². The quantitative estimate of drug-likeness (QED) is 0.634. The molecule has 15 heavy (non-hydrogen) atoms. The molecule has 0 spiro atoms. The Labute approximate surface area is 89.8 Å². The maximum absolute atomic E-state index is 11.8. The molecule has 0 aromatic heterocycles. The lowest BCUT2D eigenvalue weighted by atomic mass is 9.60. The van der Waals surface area contributed by atoms with Gasteiger partial charge >= 0.3 is 0 Å². The smallest absolute Gasteiger partial charge is 0.144 e. The van der Waals surface area contributed by atoms with Crippen molar-refractivity contribution in [3.05, 3.63) is 48.0 Å². The molecule has 0 aliphatic heterocycles. The van der Waals surface area contributed by atoms with Crippen LogP contribution in [0.5, 0.6) is 0 Å². The second-order valence-corrected chi connectivity index (χ2v) is 4.48. The molecule has 1 nitrogen and oxygen atoms in total. The van der Waals surface area contributed by atoms with Crippen LogP contribution in [0.3, 0.4) is 0 Å². The van der Waals surface area contributed by atoms with E-state index in [2.05, 4.69) is 36.4 Å². The van der Waals surface area contributed by atoms with E-state index >= 15 is 0 Å². The fourth-order valence-corrected chi connectivity index (χ4v) is 2.90. The summed E-state index contributed by atoms with van der Waals surface area (Å²) in [7, 11) is 0. The summed E-state index contributed by atoms with van der Waals surface area (Å²) in [6, 6.07) is 10.5. The van der Waals surface area contributed by atoms with Crippen LogP contribution in [0.15, 0.2) is 42.5 Å².